The van der Waals surface area contributed by atoms with Crippen LogP contribution in [0.3, 0.4) is 0 Å². The van der Waals surface area contributed by atoms with E-state index in [9.17, 15) is 22.8 Å². The lowest BCUT2D eigenvalue weighted by molar-refractivity contribution is -0.154. The van der Waals surface area contributed by atoms with Crippen molar-refractivity contribution in [3.05, 3.63) is 53.9 Å². The van der Waals surface area contributed by atoms with Gasteiger partial charge in [-0.15, -0.1) is 0 Å². The number of halogens is 3. The van der Waals surface area contributed by atoms with E-state index in [0.29, 0.717) is 0 Å². The fourth-order valence-corrected chi connectivity index (χ4v) is 2.77. The van der Waals surface area contributed by atoms with Gasteiger partial charge >= 0.3 is 12.1 Å². The van der Waals surface area contributed by atoms with Gasteiger partial charge in [-0.3, -0.25) is 14.9 Å². The number of nitrogens with zero attached hydrogens (tertiary/aromatic N) is 2. The van der Waals surface area contributed by atoms with Crippen molar-refractivity contribution in [3.8, 4) is 0 Å². The Balaban J connectivity index is 1.60. The number of nitrogens with one attached hydrogen (secondary N) is 1. The maximum absolute atomic E-state index is 13.1. The Kier molecular flexibility index (Phi) is 5.11. The van der Waals surface area contributed by atoms with E-state index in [1.165, 1.54) is 37.5 Å². The third kappa shape index (κ3) is 4.42. The van der Waals surface area contributed by atoms with Gasteiger partial charge in [-0.1, -0.05) is 18.2 Å². The average Bonchev–Trinajstić information content (AvgIpc) is 3.42. The highest BCUT2D eigenvalue weighted by Gasteiger charge is 2.49. The van der Waals surface area contributed by atoms with Crippen LogP contribution in [0.1, 0.15) is 30.4 Å². The van der Waals surface area contributed by atoms with Gasteiger partial charge in [-0.05, 0) is 37.0 Å². The van der Waals surface area contributed by atoms with Crippen molar-refractivity contribution in [3.63, 3.8) is 0 Å². The lowest BCUT2D eigenvalue weighted by atomic mass is 10.0. The molecule has 0 spiro atoms. The van der Waals surface area contributed by atoms with Gasteiger partial charge in [0.15, 0.2) is 6.10 Å². The first-order valence-electron chi connectivity index (χ1n) is 8.22. The summed E-state index contributed by atoms with van der Waals surface area (Å²) in [6.45, 7) is 1.37. The first kappa shape index (κ1) is 18.8. The Morgan fingerprint density at radius 2 is 1.85 bits per heavy atom. The minimum atomic E-state index is -4.49. The SMILES string of the molecule is C[C@H](OC(=O)[C@@H]1C[C@@H]1c1ccccc1C(F)(F)F)C(=O)Nc1ncccn1. The summed E-state index contributed by atoms with van der Waals surface area (Å²) in [5.41, 5.74) is -0.681. The van der Waals surface area contributed by atoms with Crippen molar-refractivity contribution in [2.75, 3.05) is 5.32 Å². The molecular weight excluding hydrogens is 363 g/mol. The standard InChI is InChI=1S/C18H16F3N3O3/c1-10(15(25)24-17-22-7-4-8-23-17)27-16(26)13-9-12(13)11-5-2-3-6-14(11)18(19,20)21/h2-8,10,12-13H,9H2,1H3,(H,22,23,24,25)/t10-,12+,13+/m0/s1. The van der Waals surface area contributed by atoms with Crippen molar-refractivity contribution in [2.45, 2.75) is 31.5 Å². The van der Waals surface area contributed by atoms with Gasteiger partial charge in [0.2, 0.25) is 5.95 Å². The van der Waals surface area contributed by atoms with Crippen LogP contribution >= 0.6 is 0 Å². The maximum atomic E-state index is 13.1. The molecule has 1 aromatic carbocycles. The number of carbonyl (C=O) groups excluding carboxylic acids is 2. The molecule has 6 nitrogen and oxygen atoms in total. The Labute approximate surface area is 152 Å². The molecule has 1 fully saturated rings. The summed E-state index contributed by atoms with van der Waals surface area (Å²) >= 11 is 0. The maximum Gasteiger partial charge on any atom is 0.416 e. The molecular formula is C18H16F3N3O3. The Bertz CT molecular complexity index is 842. The Morgan fingerprint density at radius 3 is 2.52 bits per heavy atom. The molecule has 0 radical (unpaired) electrons. The summed E-state index contributed by atoms with van der Waals surface area (Å²) in [6.07, 6.45) is -2.49. The van der Waals surface area contributed by atoms with E-state index in [0.717, 1.165) is 6.07 Å². The van der Waals surface area contributed by atoms with Crippen LogP contribution in [-0.4, -0.2) is 27.9 Å². The second kappa shape index (κ2) is 7.34. The largest absolute Gasteiger partial charge is 0.452 e. The fourth-order valence-electron chi connectivity index (χ4n) is 2.77. The molecule has 1 aliphatic rings. The number of rotatable bonds is 5. The third-order valence-electron chi connectivity index (χ3n) is 4.22. The Hall–Kier alpha value is -2.97. The minimum Gasteiger partial charge on any atom is -0.452 e. The van der Waals surface area contributed by atoms with Gasteiger partial charge in [0.25, 0.3) is 5.91 Å². The molecule has 0 saturated heterocycles. The van der Waals surface area contributed by atoms with E-state index in [-0.39, 0.29) is 17.9 Å². The molecule has 142 valence electrons. The number of benzene rings is 1. The first-order valence-corrected chi connectivity index (χ1v) is 8.22. The molecule has 1 aliphatic carbocycles. The normalized spacial score (nSPS) is 19.9. The Morgan fingerprint density at radius 1 is 1.19 bits per heavy atom. The van der Waals surface area contributed by atoms with Crippen LogP contribution in [-0.2, 0) is 20.5 Å². The summed E-state index contributed by atoms with van der Waals surface area (Å²) < 4.78 is 44.4. The molecule has 9 heteroatoms. The van der Waals surface area contributed by atoms with E-state index < -0.39 is 41.6 Å². The second-order valence-corrected chi connectivity index (χ2v) is 6.17. The van der Waals surface area contributed by atoms with Gasteiger partial charge in [0.1, 0.15) is 0 Å². The van der Waals surface area contributed by atoms with Gasteiger partial charge in [-0.25, -0.2) is 9.97 Å². The highest BCUT2D eigenvalue weighted by molar-refractivity contribution is 5.94. The van der Waals surface area contributed by atoms with Crippen molar-refractivity contribution >= 4 is 17.8 Å². The van der Waals surface area contributed by atoms with Crippen LogP contribution in [0.15, 0.2) is 42.7 Å². The fraction of sp³-hybridized carbons (Fsp3) is 0.333. The van der Waals surface area contributed by atoms with Crippen LogP contribution in [0.4, 0.5) is 19.1 Å². The van der Waals surface area contributed by atoms with E-state index in [1.807, 2.05) is 0 Å². The predicted molar refractivity (Wildman–Crippen MR) is 88.5 cm³/mol. The van der Waals surface area contributed by atoms with E-state index in [2.05, 4.69) is 15.3 Å². The number of hydrogen-bond acceptors (Lipinski definition) is 5. The lowest BCUT2D eigenvalue weighted by Crippen LogP contribution is -2.31. The van der Waals surface area contributed by atoms with Crippen molar-refractivity contribution in [1.82, 2.24) is 9.97 Å². The first-order chi connectivity index (χ1) is 12.8. The second-order valence-electron chi connectivity index (χ2n) is 6.17. The predicted octanol–water partition coefficient (Wildman–Crippen LogP) is 3.17. The highest BCUT2D eigenvalue weighted by atomic mass is 19.4. The smallest absolute Gasteiger partial charge is 0.416 e. The van der Waals surface area contributed by atoms with E-state index >= 15 is 0 Å². The minimum absolute atomic E-state index is 0.0637. The van der Waals surface area contributed by atoms with Crippen molar-refractivity contribution in [1.29, 1.82) is 0 Å². The molecule has 0 aliphatic heterocycles. The number of alkyl halides is 3. The molecule has 1 saturated carbocycles. The number of aromatic nitrogens is 2. The van der Waals surface area contributed by atoms with Gasteiger partial charge in [-0.2, -0.15) is 13.2 Å². The average molecular weight is 379 g/mol. The molecule has 3 rings (SSSR count). The summed E-state index contributed by atoms with van der Waals surface area (Å²) in [5, 5.41) is 2.39. The lowest BCUT2D eigenvalue weighted by Gasteiger charge is -2.14. The number of anilines is 1. The van der Waals surface area contributed by atoms with Crippen molar-refractivity contribution in [2.24, 2.45) is 5.92 Å². The highest BCUT2D eigenvalue weighted by Crippen LogP contribution is 2.51. The quantitative estimate of drug-likeness (QED) is 0.807. The van der Waals surface area contributed by atoms with Crippen LogP contribution in [0.5, 0.6) is 0 Å². The summed E-state index contributed by atoms with van der Waals surface area (Å²) in [5.74, 6) is -2.52. The molecule has 1 amide bonds. The third-order valence-corrected chi connectivity index (χ3v) is 4.22. The van der Waals surface area contributed by atoms with Crippen LogP contribution in [0.2, 0.25) is 0 Å². The number of amides is 1. The molecule has 1 aromatic heterocycles. The molecule has 3 atom stereocenters. The van der Waals surface area contributed by atoms with E-state index in [4.69, 9.17) is 4.74 Å². The zero-order valence-electron chi connectivity index (χ0n) is 14.2. The number of carbonyl (C=O) groups is 2. The zero-order chi connectivity index (χ0) is 19.6. The monoisotopic (exact) mass is 379 g/mol. The van der Waals surface area contributed by atoms with Gasteiger partial charge in [0, 0.05) is 12.4 Å². The number of esters is 1. The van der Waals surface area contributed by atoms with Gasteiger partial charge in [0.05, 0.1) is 11.5 Å². The molecule has 1 heterocycles. The number of ether oxygens (including phenoxy) is 1. The molecule has 27 heavy (non-hydrogen) atoms. The van der Waals surface area contributed by atoms with Crippen LogP contribution in [0, 0.1) is 5.92 Å². The van der Waals surface area contributed by atoms with Crippen molar-refractivity contribution < 1.29 is 27.5 Å². The zero-order valence-corrected chi connectivity index (χ0v) is 14.2. The molecule has 0 unspecified atom stereocenters. The summed E-state index contributed by atoms with van der Waals surface area (Å²) in [4.78, 5) is 31.9. The van der Waals surface area contributed by atoms with Crippen LogP contribution in [0.25, 0.3) is 0 Å². The molecule has 2 aromatic rings. The number of hydrogen-bond donors (Lipinski definition) is 1. The van der Waals surface area contributed by atoms with E-state index in [1.54, 1.807) is 6.07 Å². The molecule has 0 bridgehead atoms. The van der Waals surface area contributed by atoms with Crippen LogP contribution < -0.4 is 5.32 Å². The van der Waals surface area contributed by atoms with Gasteiger partial charge < -0.3 is 4.74 Å². The summed E-state index contributed by atoms with van der Waals surface area (Å²) in [6, 6.07) is 6.74. The topological polar surface area (TPSA) is 81.2 Å². The summed E-state index contributed by atoms with van der Waals surface area (Å²) in [7, 11) is 0. The molecule has 1 N–H and O–H groups in total.